The Balaban J connectivity index is 3.22. The third kappa shape index (κ3) is 2.82. The molecule has 1 heterocycles. The van der Waals surface area contributed by atoms with Crippen LogP contribution in [0.25, 0.3) is 0 Å². The highest BCUT2D eigenvalue weighted by atomic mass is 16.5. The molecule has 1 atom stereocenters. The number of aryl methyl sites for hydroxylation is 2. The maximum absolute atomic E-state index is 5.59. The maximum Gasteiger partial charge on any atom is 0.160 e. The topological polar surface area (TPSA) is 61.0 Å². The number of hydrogen-bond donors (Lipinski definition) is 1. The lowest BCUT2D eigenvalue weighted by atomic mass is 10.0. The predicted molar refractivity (Wildman–Crippen MR) is 68.9 cm³/mol. The number of nitrogens with two attached hydrogens (primary N) is 1. The van der Waals surface area contributed by atoms with Crippen LogP contribution in [0.5, 0.6) is 0 Å². The van der Waals surface area contributed by atoms with Gasteiger partial charge in [0, 0.05) is 18.5 Å². The molecule has 0 saturated carbocycles. The smallest absolute Gasteiger partial charge is 0.160 e. The van der Waals surface area contributed by atoms with Crippen molar-refractivity contribution < 1.29 is 4.74 Å². The Bertz CT molecular complexity index is 363. The van der Waals surface area contributed by atoms with Crippen molar-refractivity contribution in [2.45, 2.75) is 46.1 Å². The van der Waals surface area contributed by atoms with Gasteiger partial charge < -0.3 is 10.5 Å². The molecule has 0 spiro atoms. The van der Waals surface area contributed by atoms with E-state index in [1.165, 1.54) is 0 Å². The van der Waals surface area contributed by atoms with Gasteiger partial charge in [0.25, 0.3) is 0 Å². The number of rotatable bonds is 5. The van der Waals surface area contributed by atoms with Gasteiger partial charge in [-0.3, -0.25) is 0 Å². The SMILES string of the molecule is CCC(C)(OC)c1nc(C)c(CCN)c(C)n1. The summed E-state index contributed by atoms with van der Waals surface area (Å²) in [5, 5.41) is 0. The van der Waals surface area contributed by atoms with E-state index in [-0.39, 0.29) is 0 Å². The third-order valence-corrected chi connectivity index (χ3v) is 3.41. The highest BCUT2D eigenvalue weighted by Crippen LogP contribution is 2.26. The summed E-state index contributed by atoms with van der Waals surface area (Å²) in [4.78, 5) is 9.15. The van der Waals surface area contributed by atoms with Crippen molar-refractivity contribution in [3.8, 4) is 0 Å². The van der Waals surface area contributed by atoms with Crippen LogP contribution in [0.15, 0.2) is 0 Å². The molecule has 17 heavy (non-hydrogen) atoms. The maximum atomic E-state index is 5.59. The van der Waals surface area contributed by atoms with Crippen LogP contribution >= 0.6 is 0 Å². The molecule has 1 aromatic heterocycles. The van der Waals surface area contributed by atoms with Crippen LogP contribution in [-0.2, 0) is 16.8 Å². The fraction of sp³-hybridized carbons (Fsp3) is 0.692. The van der Waals surface area contributed by atoms with Crippen molar-refractivity contribution in [3.05, 3.63) is 22.8 Å². The average molecular weight is 237 g/mol. The molecule has 0 fully saturated rings. The minimum Gasteiger partial charge on any atom is -0.371 e. The Kier molecular flexibility index (Phi) is 4.60. The summed E-state index contributed by atoms with van der Waals surface area (Å²) in [6, 6.07) is 0. The van der Waals surface area contributed by atoms with E-state index in [1.54, 1.807) is 7.11 Å². The lowest BCUT2D eigenvalue weighted by Gasteiger charge is -2.26. The van der Waals surface area contributed by atoms with Crippen LogP contribution < -0.4 is 5.73 Å². The molecule has 1 unspecified atom stereocenters. The van der Waals surface area contributed by atoms with Gasteiger partial charge in [-0.25, -0.2) is 9.97 Å². The van der Waals surface area contributed by atoms with Crippen LogP contribution in [0.1, 0.15) is 43.0 Å². The van der Waals surface area contributed by atoms with Gasteiger partial charge in [0.2, 0.25) is 0 Å². The van der Waals surface area contributed by atoms with E-state index in [0.29, 0.717) is 6.54 Å². The molecule has 0 amide bonds. The lowest BCUT2D eigenvalue weighted by molar-refractivity contribution is -0.00928. The molecule has 2 N–H and O–H groups in total. The highest BCUT2D eigenvalue weighted by Gasteiger charge is 2.28. The molecule has 1 rings (SSSR count). The molecule has 0 aliphatic carbocycles. The number of hydrogen-bond acceptors (Lipinski definition) is 4. The van der Waals surface area contributed by atoms with Crippen LogP contribution in [0.4, 0.5) is 0 Å². The molecule has 4 nitrogen and oxygen atoms in total. The summed E-state index contributed by atoms with van der Waals surface area (Å²) < 4.78 is 5.53. The van der Waals surface area contributed by atoms with E-state index in [1.807, 2.05) is 20.8 Å². The summed E-state index contributed by atoms with van der Waals surface area (Å²) >= 11 is 0. The van der Waals surface area contributed by atoms with Crippen molar-refractivity contribution in [3.63, 3.8) is 0 Å². The molecule has 0 bridgehead atoms. The van der Waals surface area contributed by atoms with Crippen molar-refractivity contribution in [1.29, 1.82) is 0 Å². The second-order valence-electron chi connectivity index (χ2n) is 4.52. The molecular formula is C13H23N3O. The Labute approximate surface area is 104 Å². The number of methoxy groups -OCH3 is 1. The van der Waals surface area contributed by atoms with E-state index in [9.17, 15) is 0 Å². The Hall–Kier alpha value is -1.00. The normalized spacial score (nSPS) is 14.7. The van der Waals surface area contributed by atoms with E-state index in [0.717, 1.165) is 35.6 Å². The Morgan fingerprint density at radius 1 is 1.24 bits per heavy atom. The minimum absolute atomic E-state index is 0.406. The van der Waals surface area contributed by atoms with Gasteiger partial charge in [-0.1, -0.05) is 6.92 Å². The van der Waals surface area contributed by atoms with E-state index >= 15 is 0 Å². The van der Waals surface area contributed by atoms with Crippen LogP contribution in [0, 0.1) is 13.8 Å². The zero-order valence-corrected chi connectivity index (χ0v) is 11.5. The van der Waals surface area contributed by atoms with Gasteiger partial charge in [-0.15, -0.1) is 0 Å². The largest absolute Gasteiger partial charge is 0.371 e. The molecular weight excluding hydrogens is 214 g/mol. The first-order chi connectivity index (χ1) is 7.98. The second kappa shape index (κ2) is 5.56. The molecule has 0 aliphatic heterocycles. The van der Waals surface area contributed by atoms with Gasteiger partial charge >= 0.3 is 0 Å². The summed E-state index contributed by atoms with van der Waals surface area (Å²) in [6.45, 7) is 8.73. The zero-order chi connectivity index (χ0) is 13.1. The number of ether oxygens (including phenoxy) is 1. The molecule has 4 heteroatoms. The van der Waals surface area contributed by atoms with Gasteiger partial charge in [-0.05, 0) is 45.7 Å². The van der Waals surface area contributed by atoms with Crippen LogP contribution in [0.2, 0.25) is 0 Å². The monoisotopic (exact) mass is 237 g/mol. The standard InChI is InChI=1S/C13H23N3O/c1-6-13(4,17-5)12-15-9(2)11(7-8-14)10(3)16-12/h6-8,14H2,1-5H3. The molecule has 1 aromatic rings. The van der Waals surface area contributed by atoms with Gasteiger partial charge in [0.05, 0.1) is 0 Å². The summed E-state index contributed by atoms with van der Waals surface area (Å²) in [5.74, 6) is 0.762. The first kappa shape index (κ1) is 14.1. The Morgan fingerprint density at radius 2 is 1.76 bits per heavy atom. The fourth-order valence-corrected chi connectivity index (χ4v) is 1.88. The van der Waals surface area contributed by atoms with Gasteiger partial charge in [-0.2, -0.15) is 0 Å². The number of nitrogens with zero attached hydrogens (tertiary/aromatic N) is 2. The summed E-state index contributed by atoms with van der Waals surface area (Å²) in [7, 11) is 1.70. The second-order valence-corrected chi connectivity index (χ2v) is 4.52. The van der Waals surface area contributed by atoms with Gasteiger partial charge in [0.1, 0.15) is 5.60 Å². The molecule has 0 aliphatic rings. The van der Waals surface area contributed by atoms with Crippen molar-refractivity contribution >= 4 is 0 Å². The average Bonchev–Trinajstić information content (AvgIpc) is 2.32. The van der Waals surface area contributed by atoms with Gasteiger partial charge in [0.15, 0.2) is 5.82 Å². The number of aromatic nitrogens is 2. The lowest BCUT2D eigenvalue weighted by Crippen LogP contribution is -2.27. The first-order valence-corrected chi connectivity index (χ1v) is 6.08. The molecule has 0 saturated heterocycles. The van der Waals surface area contributed by atoms with Crippen LogP contribution in [-0.4, -0.2) is 23.6 Å². The van der Waals surface area contributed by atoms with Crippen molar-refractivity contribution in [2.75, 3.05) is 13.7 Å². The van der Waals surface area contributed by atoms with Crippen molar-refractivity contribution in [1.82, 2.24) is 9.97 Å². The van der Waals surface area contributed by atoms with Crippen LogP contribution in [0.3, 0.4) is 0 Å². The fourth-order valence-electron chi connectivity index (χ4n) is 1.88. The van der Waals surface area contributed by atoms with E-state index in [4.69, 9.17) is 10.5 Å². The molecule has 0 aromatic carbocycles. The van der Waals surface area contributed by atoms with E-state index < -0.39 is 5.60 Å². The highest BCUT2D eigenvalue weighted by molar-refractivity contribution is 5.26. The first-order valence-electron chi connectivity index (χ1n) is 6.08. The van der Waals surface area contributed by atoms with Crippen molar-refractivity contribution in [2.24, 2.45) is 5.73 Å². The third-order valence-electron chi connectivity index (χ3n) is 3.41. The zero-order valence-electron chi connectivity index (χ0n) is 11.5. The predicted octanol–water partition coefficient (Wildman–Crippen LogP) is 1.87. The molecule has 96 valence electrons. The van der Waals surface area contributed by atoms with E-state index in [2.05, 4.69) is 16.9 Å². The molecule has 0 radical (unpaired) electrons. The quantitative estimate of drug-likeness (QED) is 0.849. The summed E-state index contributed by atoms with van der Waals surface area (Å²) in [6.07, 6.45) is 1.67. The minimum atomic E-state index is -0.406. The Morgan fingerprint density at radius 3 is 2.12 bits per heavy atom. The summed E-state index contributed by atoms with van der Waals surface area (Å²) in [5.41, 5.74) is 8.36.